The summed E-state index contributed by atoms with van der Waals surface area (Å²) in [4.78, 5) is 0. The van der Waals surface area contributed by atoms with Crippen molar-refractivity contribution >= 4 is 30.2 Å². The fraction of sp³-hybridized carbons (Fsp3) is 0.0769. The predicted molar refractivity (Wildman–Crippen MR) is 76.6 cm³/mol. The molecule has 0 bridgehead atoms. The Balaban J connectivity index is 2.33. The Labute approximate surface area is 107 Å². The first kappa shape index (κ1) is 12.3. The van der Waals surface area contributed by atoms with Gasteiger partial charge >= 0.3 is 7.48 Å². The fourth-order valence-electron chi connectivity index (χ4n) is 1.60. The Bertz CT molecular complexity index is 453. The minimum Gasteiger partial charge on any atom is -0.399 e. The molecular weight excluding hydrogens is 225 g/mol. The molecule has 0 aliphatic heterocycles. The molecule has 0 aromatic heterocycles. The van der Waals surface area contributed by atoms with E-state index >= 15 is 0 Å². The smallest absolute Gasteiger partial charge is 0.331 e. The number of nitrogens with two attached hydrogens (primary N) is 2. The van der Waals surface area contributed by atoms with Gasteiger partial charge in [0.25, 0.3) is 0 Å². The van der Waals surface area contributed by atoms with Crippen LogP contribution >= 0.6 is 0 Å². The molecule has 0 aliphatic carbocycles. The number of nitrogens with zero attached hydrogens (tertiary/aromatic N) is 1. The van der Waals surface area contributed by atoms with Gasteiger partial charge < -0.3 is 16.2 Å². The minimum atomic E-state index is 0.719. The molecule has 0 saturated heterocycles. The molecule has 0 spiro atoms. The first-order chi connectivity index (χ1) is 8.70. The zero-order valence-corrected chi connectivity index (χ0v) is 10.2. The molecule has 18 heavy (non-hydrogen) atoms. The maximum atomic E-state index is 5.68. The lowest BCUT2D eigenvalue weighted by atomic mass is 10.1. The van der Waals surface area contributed by atoms with Crippen LogP contribution in [0, 0.1) is 0 Å². The van der Waals surface area contributed by atoms with E-state index in [1.165, 1.54) is 0 Å². The lowest BCUT2D eigenvalue weighted by Gasteiger charge is -2.24. The Morgan fingerprint density at radius 2 is 1.22 bits per heavy atom. The zero-order valence-electron chi connectivity index (χ0n) is 10.2. The third-order valence-electron chi connectivity index (χ3n) is 2.47. The van der Waals surface area contributed by atoms with Gasteiger partial charge in [-0.25, -0.2) is 5.06 Å². The van der Waals surface area contributed by atoms with Crippen LogP contribution in [0.4, 0.5) is 22.7 Å². The van der Waals surface area contributed by atoms with Crippen molar-refractivity contribution in [2.75, 3.05) is 16.5 Å². The van der Waals surface area contributed by atoms with Gasteiger partial charge in [0.05, 0.1) is 11.4 Å². The second kappa shape index (κ2) is 5.47. The summed E-state index contributed by atoms with van der Waals surface area (Å²) in [5.74, 6) is 0. The van der Waals surface area contributed by atoms with Gasteiger partial charge in [0, 0.05) is 11.4 Å². The molecule has 0 amide bonds. The van der Waals surface area contributed by atoms with E-state index in [4.69, 9.17) is 16.2 Å². The molecule has 2 aromatic rings. The Hall–Kier alpha value is -2.14. The van der Waals surface area contributed by atoms with Crippen LogP contribution < -0.4 is 16.5 Å². The minimum absolute atomic E-state index is 0.719. The fourth-order valence-corrected chi connectivity index (χ4v) is 1.60. The van der Waals surface area contributed by atoms with Gasteiger partial charge in [0.1, 0.15) is 0 Å². The number of anilines is 4. The van der Waals surface area contributed by atoms with Gasteiger partial charge in [0.2, 0.25) is 0 Å². The van der Waals surface area contributed by atoms with Gasteiger partial charge in [-0.2, -0.15) is 0 Å². The third kappa shape index (κ3) is 2.75. The van der Waals surface area contributed by atoms with Crippen molar-refractivity contribution in [1.82, 2.24) is 0 Å². The predicted octanol–water partition coefficient (Wildman–Crippen LogP) is 2.59. The third-order valence-corrected chi connectivity index (χ3v) is 2.47. The van der Waals surface area contributed by atoms with Crippen LogP contribution in [0.5, 0.6) is 0 Å². The Kier molecular flexibility index (Phi) is 3.74. The topological polar surface area (TPSA) is 64.5 Å². The van der Waals surface area contributed by atoms with Crippen LogP contribution in [0.1, 0.15) is 0 Å². The van der Waals surface area contributed by atoms with E-state index in [-0.39, 0.29) is 0 Å². The van der Waals surface area contributed by atoms with Crippen LogP contribution in [-0.4, -0.2) is 7.48 Å². The van der Waals surface area contributed by atoms with E-state index in [2.05, 4.69) is 0 Å². The standard InChI is InChI=1S/C13H15BN3O/c1-14-18-17(12-6-2-10(15)3-7-12)13-8-4-11(16)5-9-13/h2-9H,15-16H2,1H3. The van der Waals surface area contributed by atoms with Gasteiger partial charge in [-0.15, -0.1) is 0 Å². The molecule has 0 aliphatic rings. The van der Waals surface area contributed by atoms with E-state index in [1.807, 2.05) is 55.4 Å². The maximum Gasteiger partial charge on any atom is 0.331 e. The molecule has 91 valence electrons. The number of hydrogen-bond acceptors (Lipinski definition) is 4. The van der Waals surface area contributed by atoms with Crippen LogP contribution in [0.25, 0.3) is 0 Å². The highest BCUT2D eigenvalue weighted by atomic mass is 16.6. The maximum absolute atomic E-state index is 5.68. The number of benzene rings is 2. The summed E-state index contributed by atoms with van der Waals surface area (Å²) >= 11 is 0. The lowest BCUT2D eigenvalue weighted by molar-refractivity contribution is 0.346. The zero-order chi connectivity index (χ0) is 13.0. The molecule has 0 saturated carbocycles. The summed E-state index contributed by atoms with van der Waals surface area (Å²) in [5.41, 5.74) is 14.6. The van der Waals surface area contributed by atoms with E-state index in [0.29, 0.717) is 0 Å². The van der Waals surface area contributed by atoms with Crippen molar-refractivity contribution in [2.24, 2.45) is 0 Å². The first-order valence-electron chi connectivity index (χ1n) is 5.66. The molecule has 0 heterocycles. The van der Waals surface area contributed by atoms with Crippen molar-refractivity contribution in [3.05, 3.63) is 48.5 Å². The van der Waals surface area contributed by atoms with Gasteiger partial charge in [0.15, 0.2) is 0 Å². The summed E-state index contributed by atoms with van der Waals surface area (Å²) < 4.78 is 5.52. The van der Waals surface area contributed by atoms with Crippen molar-refractivity contribution in [1.29, 1.82) is 0 Å². The summed E-state index contributed by atoms with van der Waals surface area (Å²) in [6.07, 6.45) is 0. The molecule has 4 N–H and O–H groups in total. The van der Waals surface area contributed by atoms with Crippen molar-refractivity contribution in [3.8, 4) is 0 Å². The number of nitrogen functional groups attached to an aromatic ring is 2. The monoisotopic (exact) mass is 240 g/mol. The highest BCUT2D eigenvalue weighted by Crippen LogP contribution is 2.26. The van der Waals surface area contributed by atoms with E-state index < -0.39 is 0 Å². The highest BCUT2D eigenvalue weighted by molar-refractivity contribution is 6.25. The normalized spacial score (nSPS) is 10.1. The first-order valence-corrected chi connectivity index (χ1v) is 5.66. The molecule has 1 radical (unpaired) electrons. The van der Waals surface area contributed by atoms with Crippen molar-refractivity contribution in [2.45, 2.75) is 6.82 Å². The largest absolute Gasteiger partial charge is 0.399 e. The molecule has 2 rings (SSSR count). The second-order valence-corrected chi connectivity index (χ2v) is 3.82. The van der Waals surface area contributed by atoms with Gasteiger partial charge in [-0.05, 0) is 48.5 Å². The van der Waals surface area contributed by atoms with Crippen molar-refractivity contribution in [3.63, 3.8) is 0 Å². The number of hydrogen-bond donors (Lipinski definition) is 2. The summed E-state index contributed by atoms with van der Waals surface area (Å²) in [6.45, 7) is 1.82. The Morgan fingerprint density at radius 3 is 1.56 bits per heavy atom. The van der Waals surface area contributed by atoms with Gasteiger partial charge in [-0.1, -0.05) is 6.82 Å². The van der Waals surface area contributed by atoms with Crippen LogP contribution in [0.2, 0.25) is 6.82 Å². The van der Waals surface area contributed by atoms with E-state index in [1.54, 1.807) is 12.5 Å². The van der Waals surface area contributed by atoms with Gasteiger partial charge in [-0.3, -0.25) is 0 Å². The molecular formula is C13H15BN3O. The molecule has 5 heteroatoms. The second-order valence-electron chi connectivity index (χ2n) is 3.82. The molecule has 2 aromatic carbocycles. The summed E-state index contributed by atoms with van der Waals surface area (Å²) in [5, 5.41) is 1.71. The molecule has 0 unspecified atom stereocenters. The van der Waals surface area contributed by atoms with Crippen LogP contribution in [0.3, 0.4) is 0 Å². The van der Waals surface area contributed by atoms with Crippen LogP contribution in [-0.2, 0) is 4.76 Å². The van der Waals surface area contributed by atoms with Crippen molar-refractivity contribution < 1.29 is 4.76 Å². The summed E-state index contributed by atoms with van der Waals surface area (Å²) in [7, 11) is 1.62. The highest BCUT2D eigenvalue weighted by Gasteiger charge is 2.09. The Morgan fingerprint density at radius 1 is 0.833 bits per heavy atom. The SMILES string of the molecule is C[B]ON(c1ccc(N)cc1)c1ccc(N)cc1. The quantitative estimate of drug-likeness (QED) is 0.489. The van der Waals surface area contributed by atoms with Crippen LogP contribution in [0.15, 0.2) is 48.5 Å². The average Bonchev–Trinajstić information content (AvgIpc) is 2.39. The molecule has 0 fully saturated rings. The number of rotatable bonds is 4. The molecule has 4 nitrogen and oxygen atoms in total. The van der Waals surface area contributed by atoms with E-state index in [0.717, 1.165) is 22.7 Å². The molecule has 0 atom stereocenters. The summed E-state index contributed by atoms with van der Waals surface area (Å²) in [6, 6.07) is 14.9. The average molecular weight is 240 g/mol. The lowest BCUT2D eigenvalue weighted by Crippen LogP contribution is -2.18. The van der Waals surface area contributed by atoms with E-state index in [9.17, 15) is 0 Å².